The van der Waals surface area contributed by atoms with Crippen LogP contribution in [-0.4, -0.2) is 29.8 Å². The third-order valence-corrected chi connectivity index (χ3v) is 3.81. The lowest BCUT2D eigenvalue weighted by molar-refractivity contribution is 0.0463. The molecular weight excluding hydrogens is 295 g/mol. The van der Waals surface area contributed by atoms with Crippen molar-refractivity contribution in [1.82, 2.24) is 10.6 Å². The van der Waals surface area contributed by atoms with Gasteiger partial charge in [-0.3, -0.25) is 0 Å². The summed E-state index contributed by atoms with van der Waals surface area (Å²) in [5, 5.41) is 6.40. The minimum atomic E-state index is -0.467. The first-order chi connectivity index (χ1) is 10.7. The number of hydrogen-bond acceptors (Lipinski definition) is 3. The summed E-state index contributed by atoms with van der Waals surface area (Å²) in [4.78, 5) is 11.7. The third kappa shape index (κ3) is 6.18. The number of nitrogens with one attached hydrogen (secondary N) is 2. The fourth-order valence-electron chi connectivity index (χ4n) is 2.82. The smallest absolute Gasteiger partial charge is 0.407 e. The standard InChI is InChI=1S/C18H27FN2O2/c1-12(8-13-6-5-7-14(19)9-13)20-15-10-16(11-15)21-17(22)23-18(2,3)4/h5-7,9,12,15-16,20H,8,10-11H2,1-4H3,(H,21,22). The van der Waals surface area contributed by atoms with Crippen molar-refractivity contribution >= 4 is 6.09 Å². The lowest BCUT2D eigenvalue weighted by Gasteiger charge is -2.38. The Morgan fingerprint density at radius 1 is 1.35 bits per heavy atom. The molecule has 1 atom stereocenters. The van der Waals surface area contributed by atoms with Crippen LogP contribution in [0.3, 0.4) is 0 Å². The summed E-state index contributed by atoms with van der Waals surface area (Å²) in [5.74, 6) is -0.194. The van der Waals surface area contributed by atoms with E-state index in [1.807, 2.05) is 26.8 Å². The van der Waals surface area contributed by atoms with Crippen molar-refractivity contribution in [2.45, 2.75) is 70.7 Å². The molecule has 0 spiro atoms. The van der Waals surface area contributed by atoms with Crippen molar-refractivity contribution in [1.29, 1.82) is 0 Å². The maximum atomic E-state index is 13.2. The van der Waals surface area contributed by atoms with E-state index in [1.165, 1.54) is 6.07 Å². The molecule has 1 aromatic rings. The van der Waals surface area contributed by atoms with Crippen LogP contribution in [0.1, 0.15) is 46.1 Å². The van der Waals surface area contributed by atoms with Crippen LogP contribution in [-0.2, 0) is 11.2 Å². The number of amides is 1. The summed E-state index contributed by atoms with van der Waals surface area (Å²) in [6, 6.07) is 7.54. The van der Waals surface area contributed by atoms with E-state index in [0.717, 1.165) is 24.8 Å². The molecule has 0 bridgehead atoms. The molecule has 2 N–H and O–H groups in total. The van der Waals surface area contributed by atoms with Gasteiger partial charge in [0.15, 0.2) is 0 Å². The highest BCUT2D eigenvalue weighted by Crippen LogP contribution is 2.21. The van der Waals surface area contributed by atoms with E-state index in [1.54, 1.807) is 12.1 Å². The average molecular weight is 322 g/mol. The molecular formula is C18H27FN2O2. The zero-order chi connectivity index (χ0) is 17.0. The summed E-state index contributed by atoms with van der Waals surface area (Å²) in [6.07, 6.45) is 2.23. The second kappa shape index (κ2) is 7.30. The molecule has 1 fully saturated rings. The van der Waals surface area contributed by atoms with Gasteiger partial charge < -0.3 is 15.4 Å². The first-order valence-electron chi connectivity index (χ1n) is 8.21. The van der Waals surface area contributed by atoms with Crippen molar-refractivity contribution < 1.29 is 13.9 Å². The van der Waals surface area contributed by atoms with Crippen LogP contribution >= 0.6 is 0 Å². The highest BCUT2D eigenvalue weighted by molar-refractivity contribution is 5.68. The SMILES string of the molecule is CC(Cc1cccc(F)c1)NC1CC(NC(=O)OC(C)(C)C)C1. The van der Waals surface area contributed by atoms with E-state index in [0.29, 0.717) is 6.04 Å². The Balaban J connectivity index is 1.66. The lowest BCUT2D eigenvalue weighted by Crippen LogP contribution is -2.55. The summed E-state index contributed by atoms with van der Waals surface area (Å²) >= 11 is 0. The number of carbonyl (C=O) groups is 1. The van der Waals surface area contributed by atoms with Crippen LogP contribution in [0, 0.1) is 5.82 Å². The second-order valence-electron chi connectivity index (χ2n) is 7.41. The first-order valence-corrected chi connectivity index (χ1v) is 8.21. The number of carbonyl (C=O) groups excluding carboxylic acids is 1. The Kier molecular flexibility index (Phi) is 5.63. The second-order valence-corrected chi connectivity index (χ2v) is 7.41. The summed E-state index contributed by atoms with van der Waals surface area (Å²) in [5.41, 5.74) is 0.526. The fourth-order valence-corrected chi connectivity index (χ4v) is 2.82. The molecule has 23 heavy (non-hydrogen) atoms. The van der Waals surface area contributed by atoms with Crippen molar-refractivity contribution in [2.75, 3.05) is 0 Å². The zero-order valence-corrected chi connectivity index (χ0v) is 14.4. The maximum Gasteiger partial charge on any atom is 0.407 e. The fraction of sp³-hybridized carbons (Fsp3) is 0.611. The van der Waals surface area contributed by atoms with Gasteiger partial charge in [0, 0.05) is 18.1 Å². The van der Waals surface area contributed by atoms with Crippen LogP contribution in [0.4, 0.5) is 9.18 Å². The third-order valence-electron chi connectivity index (χ3n) is 3.81. The summed E-state index contributed by atoms with van der Waals surface area (Å²) in [6.45, 7) is 7.66. The largest absolute Gasteiger partial charge is 0.444 e. The molecule has 1 aliphatic rings. The Morgan fingerprint density at radius 2 is 2.04 bits per heavy atom. The number of benzene rings is 1. The predicted octanol–water partition coefficient (Wildman–Crippen LogP) is 3.40. The average Bonchev–Trinajstić information content (AvgIpc) is 2.33. The van der Waals surface area contributed by atoms with Crippen LogP contribution < -0.4 is 10.6 Å². The van der Waals surface area contributed by atoms with E-state index in [-0.39, 0.29) is 24.0 Å². The van der Waals surface area contributed by atoms with Gasteiger partial charge in [0.25, 0.3) is 0 Å². The molecule has 1 unspecified atom stereocenters. The Morgan fingerprint density at radius 3 is 2.65 bits per heavy atom. The number of ether oxygens (including phenoxy) is 1. The lowest BCUT2D eigenvalue weighted by atomic mass is 9.86. The number of rotatable bonds is 5. The van der Waals surface area contributed by atoms with Gasteiger partial charge in [-0.15, -0.1) is 0 Å². The number of alkyl carbamates (subject to hydrolysis) is 1. The van der Waals surface area contributed by atoms with Gasteiger partial charge in [-0.05, 0) is 64.7 Å². The topological polar surface area (TPSA) is 50.4 Å². The van der Waals surface area contributed by atoms with Crippen LogP contribution in [0.5, 0.6) is 0 Å². The van der Waals surface area contributed by atoms with Gasteiger partial charge >= 0.3 is 6.09 Å². The Labute approximate surface area is 137 Å². The maximum absolute atomic E-state index is 13.2. The van der Waals surface area contributed by atoms with Gasteiger partial charge in [0.05, 0.1) is 0 Å². The minimum absolute atomic E-state index is 0.170. The molecule has 4 nitrogen and oxygen atoms in total. The zero-order valence-electron chi connectivity index (χ0n) is 14.4. The molecule has 1 amide bonds. The van der Waals surface area contributed by atoms with Crippen LogP contribution in [0.15, 0.2) is 24.3 Å². The van der Waals surface area contributed by atoms with Gasteiger partial charge in [0.2, 0.25) is 0 Å². The van der Waals surface area contributed by atoms with Gasteiger partial charge in [0.1, 0.15) is 11.4 Å². The molecule has 0 radical (unpaired) electrons. The molecule has 0 aliphatic heterocycles. The molecule has 2 rings (SSSR count). The van der Waals surface area contributed by atoms with E-state index in [4.69, 9.17) is 4.74 Å². The highest BCUT2D eigenvalue weighted by Gasteiger charge is 2.32. The monoisotopic (exact) mass is 322 g/mol. The minimum Gasteiger partial charge on any atom is -0.444 e. The van der Waals surface area contributed by atoms with E-state index in [2.05, 4.69) is 17.6 Å². The van der Waals surface area contributed by atoms with Crippen molar-refractivity contribution in [3.05, 3.63) is 35.6 Å². The number of halogens is 1. The van der Waals surface area contributed by atoms with E-state index < -0.39 is 5.60 Å². The molecule has 1 saturated carbocycles. The van der Waals surface area contributed by atoms with Crippen LogP contribution in [0.25, 0.3) is 0 Å². The molecule has 0 heterocycles. The quantitative estimate of drug-likeness (QED) is 0.873. The predicted molar refractivity (Wildman–Crippen MR) is 88.9 cm³/mol. The van der Waals surface area contributed by atoms with Crippen molar-refractivity contribution in [3.8, 4) is 0 Å². The summed E-state index contributed by atoms with van der Waals surface area (Å²) < 4.78 is 18.4. The molecule has 0 aromatic heterocycles. The molecule has 5 heteroatoms. The Hall–Kier alpha value is -1.62. The van der Waals surface area contributed by atoms with Crippen molar-refractivity contribution in [3.63, 3.8) is 0 Å². The molecule has 1 aromatic carbocycles. The normalized spacial score (nSPS) is 22.1. The van der Waals surface area contributed by atoms with E-state index >= 15 is 0 Å². The van der Waals surface area contributed by atoms with Gasteiger partial charge in [-0.2, -0.15) is 0 Å². The molecule has 128 valence electrons. The van der Waals surface area contributed by atoms with Crippen molar-refractivity contribution in [2.24, 2.45) is 0 Å². The first kappa shape index (κ1) is 17.7. The molecule has 0 saturated heterocycles. The Bertz CT molecular complexity index is 536. The highest BCUT2D eigenvalue weighted by atomic mass is 19.1. The van der Waals surface area contributed by atoms with Gasteiger partial charge in [-0.25, -0.2) is 9.18 Å². The van der Waals surface area contributed by atoms with E-state index in [9.17, 15) is 9.18 Å². The number of hydrogen-bond donors (Lipinski definition) is 2. The summed E-state index contributed by atoms with van der Waals surface area (Å²) in [7, 11) is 0. The van der Waals surface area contributed by atoms with Gasteiger partial charge in [-0.1, -0.05) is 12.1 Å². The molecule has 1 aliphatic carbocycles. The van der Waals surface area contributed by atoms with Crippen LogP contribution in [0.2, 0.25) is 0 Å².